The van der Waals surface area contributed by atoms with Crippen LogP contribution in [0.5, 0.6) is 11.5 Å². The number of anilines is 1. The molecule has 4 aromatic rings. The predicted molar refractivity (Wildman–Crippen MR) is 184 cm³/mol. The highest BCUT2D eigenvalue weighted by molar-refractivity contribution is 7.92. The fourth-order valence-electron chi connectivity index (χ4n) is 5.07. The Bertz CT molecular complexity index is 1770. The van der Waals surface area contributed by atoms with Crippen LogP contribution >= 0.6 is 11.6 Å². The van der Waals surface area contributed by atoms with Crippen LogP contribution in [0.1, 0.15) is 30.5 Å². The summed E-state index contributed by atoms with van der Waals surface area (Å²) in [5.74, 6) is -0.249. The summed E-state index contributed by atoms with van der Waals surface area (Å²) in [6.45, 7) is 4.98. The molecule has 0 saturated heterocycles. The number of nitrogens with one attached hydrogen (secondary N) is 1. The lowest BCUT2D eigenvalue weighted by molar-refractivity contribution is -0.140. The first-order valence-corrected chi connectivity index (χ1v) is 16.9. The monoisotopic (exact) mass is 677 g/mol. The first-order valence-electron chi connectivity index (χ1n) is 15.1. The molecule has 0 aliphatic rings. The molecule has 0 aromatic heterocycles. The van der Waals surface area contributed by atoms with E-state index >= 15 is 0 Å². The Balaban J connectivity index is 1.84. The Morgan fingerprint density at radius 3 is 2.06 bits per heavy atom. The third kappa shape index (κ3) is 9.05. The molecule has 4 rings (SSSR count). The summed E-state index contributed by atoms with van der Waals surface area (Å²) in [7, 11) is -1.35. The van der Waals surface area contributed by atoms with E-state index in [1.54, 1.807) is 48.5 Å². The number of ether oxygens (including phenoxy) is 2. The zero-order valence-corrected chi connectivity index (χ0v) is 28.7. The highest BCUT2D eigenvalue weighted by Gasteiger charge is 2.35. The van der Waals surface area contributed by atoms with Crippen molar-refractivity contribution in [3.05, 3.63) is 119 Å². The fraction of sp³-hybridized carbons (Fsp3) is 0.278. The molecular formula is C36H40ClN3O6S. The van der Waals surface area contributed by atoms with E-state index in [2.05, 4.69) is 5.32 Å². The van der Waals surface area contributed by atoms with Crippen molar-refractivity contribution in [1.82, 2.24) is 10.2 Å². The van der Waals surface area contributed by atoms with Crippen LogP contribution in [-0.4, -0.2) is 58.0 Å². The van der Waals surface area contributed by atoms with Crippen LogP contribution in [0.25, 0.3) is 0 Å². The average molecular weight is 678 g/mol. The summed E-state index contributed by atoms with van der Waals surface area (Å²) in [5, 5.41) is 3.47. The Labute approximate surface area is 282 Å². The van der Waals surface area contributed by atoms with E-state index < -0.39 is 28.5 Å². The maximum absolute atomic E-state index is 14.6. The minimum atomic E-state index is -4.27. The van der Waals surface area contributed by atoms with Gasteiger partial charge in [0, 0.05) is 30.1 Å². The van der Waals surface area contributed by atoms with E-state index in [9.17, 15) is 18.0 Å². The van der Waals surface area contributed by atoms with E-state index in [0.29, 0.717) is 10.8 Å². The van der Waals surface area contributed by atoms with Gasteiger partial charge in [0.05, 0.1) is 24.8 Å². The van der Waals surface area contributed by atoms with Crippen LogP contribution in [0.15, 0.2) is 102 Å². The second-order valence-corrected chi connectivity index (χ2v) is 13.7. The van der Waals surface area contributed by atoms with E-state index in [-0.39, 0.29) is 41.2 Å². The number of nitrogens with zero attached hydrogens (tertiary/aromatic N) is 2. The third-order valence-corrected chi connectivity index (χ3v) is 9.55. The molecule has 0 heterocycles. The van der Waals surface area contributed by atoms with Crippen molar-refractivity contribution in [3.8, 4) is 11.5 Å². The second-order valence-electron chi connectivity index (χ2n) is 11.4. The first kappa shape index (κ1) is 35.3. The van der Waals surface area contributed by atoms with Gasteiger partial charge in [-0.25, -0.2) is 8.42 Å². The summed E-state index contributed by atoms with van der Waals surface area (Å²) in [6.07, 6.45) is 0.208. The summed E-state index contributed by atoms with van der Waals surface area (Å²) in [5.41, 5.74) is 2.63. The molecule has 47 heavy (non-hydrogen) atoms. The van der Waals surface area contributed by atoms with Crippen LogP contribution in [-0.2, 0) is 32.6 Å². The Morgan fingerprint density at radius 1 is 0.830 bits per heavy atom. The fourth-order valence-corrected chi connectivity index (χ4v) is 6.60. The highest BCUT2D eigenvalue weighted by atomic mass is 35.5. The lowest BCUT2D eigenvalue weighted by Crippen LogP contribution is -2.54. The van der Waals surface area contributed by atoms with Gasteiger partial charge in [-0.1, -0.05) is 71.8 Å². The molecular weight excluding hydrogens is 638 g/mol. The normalized spacial score (nSPS) is 11.9. The van der Waals surface area contributed by atoms with Gasteiger partial charge in [-0.15, -0.1) is 0 Å². The number of hydrogen-bond acceptors (Lipinski definition) is 6. The molecule has 4 aromatic carbocycles. The van der Waals surface area contributed by atoms with E-state index in [4.69, 9.17) is 21.1 Å². The number of hydrogen-bond donors (Lipinski definition) is 1. The van der Waals surface area contributed by atoms with Crippen molar-refractivity contribution in [2.75, 3.05) is 25.1 Å². The number of amides is 2. The first-order chi connectivity index (χ1) is 22.4. The molecule has 0 bridgehead atoms. The summed E-state index contributed by atoms with van der Waals surface area (Å²) in [4.78, 5) is 29.9. The number of sulfonamides is 1. The van der Waals surface area contributed by atoms with Gasteiger partial charge in [-0.2, -0.15) is 0 Å². The van der Waals surface area contributed by atoms with Gasteiger partial charge < -0.3 is 19.7 Å². The molecule has 0 fully saturated rings. The number of halogens is 1. The van der Waals surface area contributed by atoms with Gasteiger partial charge in [0.2, 0.25) is 11.8 Å². The van der Waals surface area contributed by atoms with Gasteiger partial charge in [0.25, 0.3) is 10.0 Å². The van der Waals surface area contributed by atoms with E-state index in [1.807, 2.05) is 51.1 Å². The number of carbonyl (C=O) groups is 2. The smallest absolute Gasteiger partial charge is 0.264 e. The van der Waals surface area contributed by atoms with Crippen molar-refractivity contribution in [3.63, 3.8) is 0 Å². The molecule has 9 nitrogen and oxygen atoms in total. The zero-order valence-electron chi connectivity index (χ0n) is 27.1. The van der Waals surface area contributed by atoms with Gasteiger partial charge in [-0.3, -0.25) is 13.9 Å². The maximum Gasteiger partial charge on any atom is 0.264 e. The topological polar surface area (TPSA) is 105 Å². The standard InChI is InChI=1S/C36H40ClN3O6S/c1-25(2)38-36(42)32(21-27-9-7-6-8-10-27)39(23-28-13-15-29(37)16-14-28)35(41)24-40(30-17-20-33(45-4)34(22-30)46-5)47(43,44)31-18-11-26(3)12-19-31/h6-20,22,25,32H,21,23-24H2,1-5H3,(H,38,42)/t32-/m0/s1. The molecule has 1 N–H and O–H groups in total. The van der Waals surface area contributed by atoms with Crippen molar-refractivity contribution in [2.45, 2.75) is 50.7 Å². The second kappa shape index (κ2) is 15.8. The summed E-state index contributed by atoms with van der Waals surface area (Å²) >= 11 is 6.15. The lowest BCUT2D eigenvalue weighted by Gasteiger charge is -2.34. The van der Waals surface area contributed by atoms with Crippen molar-refractivity contribution in [2.24, 2.45) is 0 Å². The van der Waals surface area contributed by atoms with Gasteiger partial charge in [0.1, 0.15) is 12.6 Å². The molecule has 0 spiro atoms. The van der Waals surface area contributed by atoms with Crippen molar-refractivity contribution >= 4 is 39.1 Å². The Kier molecular flexibility index (Phi) is 11.9. The van der Waals surface area contributed by atoms with Crippen molar-refractivity contribution in [1.29, 1.82) is 0 Å². The summed E-state index contributed by atoms with van der Waals surface area (Å²) in [6, 6.07) is 26.2. The Hall–Kier alpha value is -4.54. The van der Waals surface area contributed by atoms with Crippen LogP contribution in [0.4, 0.5) is 5.69 Å². The molecule has 0 aliphatic heterocycles. The minimum absolute atomic E-state index is 0.00771. The van der Waals surface area contributed by atoms with Crippen LogP contribution in [0, 0.1) is 6.92 Å². The average Bonchev–Trinajstić information content (AvgIpc) is 3.05. The quantitative estimate of drug-likeness (QED) is 0.175. The molecule has 2 amide bonds. The highest BCUT2D eigenvalue weighted by Crippen LogP contribution is 2.34. The van der Waals surface area contributed by atoms with Crippen LogP contribution < -0.4 is 19.1 Å². The largest absolute Gasteiger partial charge is 0.493 e. The van der Waals surface area contributed by atoms with E-state index in [1.165, 1.54) is 37.3 Å². The number of aryl methyl sites for hydroxylation is 1. The molecule has 0 radical (unpaired) electrons. The minimum Gasteiger partial charge on any atom is -0.493 e. The van der Waals surface area contributed by atoms with E-state index in [0.717, 1.165) is 21.0 Å². The SMILES string of the molecule is COc1ccc(N(CC(=O)N(Cc2ccc(Cl)cc2)[C@@H](Cc2ccccc2)C(=O)NC(C)C)S(=O)(=O)c2ccc(C)cc2)cc1OC. The molecule has 0 unspecified atom stereocenters. The number of methoxy groups -OCH3 is 2. The lowest BCUT2D eigenvalue weighted by atomic mass is 10.0. The number of carbonyl (C=O) groups excluding carboxylic acids is 2. The van der Waals surface area contributed by atoms with Crippen molar-refractivity contribution < 1.29 is 27.5 Å². The molecule has 0 aliphatic carbocycles. The van der Waals surface area contributed by atoms with Gasteiger partial charge in [-0.05, 0) is 68.3 Å². The molecule has 11 heteroatoms. The molecule has 0 saturated carbocycles. The maximum atomic E-state index is 14.6. The molecule has 1 atom stereocenters. The zero-order chi connectivity index (χ0) is 34.1. The number of benzene rings is 4. The Morgan fingerprint density at radius 2 is 1.47 bits per heavy atom. The van der Waals surface area contributed by atoms with Gasteiger partial charge in [0.15, 0.2) is 11.5 Å². The van der Waals surface area contributed by atoms with Crippen LogP contribution in [0.3, 0.4) is 0 Å². The third-order valence-electron chi connectivity index (χ3n) is 7.51. The van der Waals surface area contributed by atoms with Gasteiger partial charge >= 0.3 is 0 Å². The number of rotatable bonds is 14. The van der Waals surface area contributed by atoms with Crippen LogP contribution in [0.2, 0.25) is 5.02 Å². The molecule has 248 valence electrons. The summed E-state index contributed by atoms with van der Waals surface area (Å²) < 4.78 is 40.4. The predicted octanol–water partition coefficient (Wildman–Crippen LogP) is 6.03.